The number of fused-ring (bicyclic) bond motifs is 2. The van der Waals surface area contributed by atoms with Gasteiger partial charge in [0.1, 0.15) is 11.8 Å². The van der Waals surface area contributed by atoms with Crippen LogP contribution >= 0.6 is 22.9 Å². The van der Waals surface area contributed by atoms with Gasteiger partial charge in [-0.1, -0.05) is 23.7 Å². The number of halogens is 1. The first kappa shape index (κ1) is 17.0. The molecule has 1 unspecified atom stereocenters. The standard InChI is InChI=1S/C19H14ClN7S/c1-10(26-19-17-18(22-7-21-17)23-8-24-19)12-5-11-3-2-4-13(20)15(11)27-16(12)14-6-28-9-25-14/h2-10H,1H3,(H2,21,22,23,24,26). The van der Waals surface area contributed by atoms with E-state index in [0.29, 0.717) is 16.5 Å². The fourth-order valence-electron chi connectivity index (χ4n) is 3.20. The molecule has 1 aromatic carbocycles. The average molecular weight is 408 g/mol. The number of thiazole rings is 1. The molecule has 0 saturated heterocycles. The maximum Gasteiger partial charge on any atom is 0.182 e. The summed E-state index contributed by atoms with van der Waals surface area (Å²) >= 11 is 7.91. The molecule has 0 saturated carbocycles. The number of para-hydroxylation sites is 1. The van der Waals surface area contributed by atoms with Gasteiger partial charge in [-0.15, -0.1) is 11.3 Å². The molecule has 5 rings (SSSR count). The number of aromatic nitrogens is 6. The number of hydrogen-bond donors (Lipinski definition) is 2. The van der Waals surface area contributed by atoms with Crippen molar-refractivity contribution in [2.45, 2.75) is 13.0 Å². The lowest BCUT2D eigenvalue weighted by Crippen LogP contribution is -2.11. The van der Waals surface area contributed by atoms with Crippen molar-refractivity contribution in [2.75, 3.05) is 5.32 Å². The van der Waals surface area contributed by atoms with Crippen molar-refractivity contribution >= 4 is 50.8 Å². The summed E-state index contributed by atoms with van der Waals surface area (Å²) in [6, 6.07) is 7.79. The molecule has 0 aliphatic heterocycles. The molecule has 7 nitrogen and oxygen atoms in total. The van der Waals surface area contributed by atoms with E-state index in [9.17, 15) is 0 Å². The van der Waals surface area contributed by atoms with E-state index in [-0.39, 0.29) is 6.04 Å². The molecule has 138 valence electrons. The molecule has 9 heteroatoms. The van der Waals surface area contributed by atoms with E-state index in [1.165, 1.54) is 17.7 Å². The van der Waals surface area contributed by atoms with Gasteiger partial charge >= 0.3 is 0 Å². The Kier molecular flexibility index (Phi) is 4.14. The van der Waals surface area contributed by atoms with Gasteiger partial charge < -0.3 is 10.3 Å². The second kappa shape index (κ2) is 6.81. The maximum atomic E-state index is 6.38. The number of anilines is 1. The van der Waals surface area contributed by atoms with Crippen LogP contribution in [0.5, 0.6) is 0 Å². The number of benzene rings is 1. The molecule has 0 bridgehead atoms. The van der Waals surface area contributed by atoms with E-state index in [1.807, 2.05) is 23.6 Å². The number of pyridine rings is 1. The summed E-state index contributed by atoms with van der Waals surface area (Å²) in [5, 5.41) is 7.03. The molecule has 4 heterocycles. The predicted molar refractivity (Wildman–Crippen MR) is 112 cm³/mol. The van der Waals surface area contributed by atoms with Gasteiger partial charge in [-0.3, -0.25) is 0 Å². The molecular formula is C19H14ClN7S. The lowest BCUT2D eigenvalue weighted by molar-refractivity contribution is 0.872. The Morgan fingerprint density at radius 2 is 2.11 bits per heavy atom. The minimum Gasteiger partial charge on any atom is -0.362 e. The molecule has 0 radical (unpaired) electrons. The van der Waals surface area contributed by atoms with E-state index in [4.69, 9.17) is 16.6 Å². The van der Waals surface area contributed by atoms with Gasteiger partial charge in [0.2, 0.25) is 0 Å². The highest BCUT2D eigenvalue weighted by Crippen LogP contribution is 2.33. The smallest absolute Gasteiger partial charge is 0.182 e. The third kappa shape index (κ3) is 2.87. The van der Waals surface area contributed by atoms with Crippen LogP contribution in [0.25, 0.3) is 33.5 Å². The molecule has 0 fully saturated rings. The summed E-state index contributed by atoms with van der Waals surface area (Å²) in [6.45, 7) is 2.06. The van der Waals surface area contributed by atoms with Crippen LogP contribution in [0.4, 0.5) is 5.82 Å². The number of nitrogens with one attached hydrogen (secondary N) is 2. The first-order chi connectivity index (χ1) is 13.7. The van der Waals surface area contributed by atoms with Gasteiger partial charge in [0, 0.05) is 16.3 Å². The Bertz CT molecular complexity index is 1280. The number of nitrogens with zero attached hydrogens (tertiary/aromatic N) is 5. The molecular weight excluding hydrogens is 394 g/mol. The minimum atomic E-state index is -0.0889. The highest BCUT2D eigenvalue weighted by molar-refractivity contribution is 7.07. The van der Waals surface area contributed by atoms with Gasteiger partial charge in [0.05, 0.1) is 39.8 Å². The largest absolute Gasteiger partial charge is 0.362 e. The SMILES string of the molecule is CC(Nc1ncnc2nc[nH]c12)c1cc2cccc(Cl)c2nc1-c1cscn1. The summed E-state index contributed by atoms with van der Waals surface area (Å²) in [7, 11) is 0. The molecule has 5 aromatic rings. The van der Waals surface area contributed by atoms with Crippen LogP contribution in [0, 0.1) is 0 Å². The topological polar surface area (TPSA) is 92.3 Å². The summed E-state index contributed by atoms with van der Waals surface area (Å²) < 4.78 is 0. The summed E-state index contributed by atoms with van der Waals surface area (Å²) in [4.78, 5) is 25.1. The van der Waals surface area contributed by atoms with Crippen LogP contribution in [0.3, 0.4) is 0 Å². The van der Waals surface area contributed by atoms with Crippen LogP contribution < -0.4 is 5.32 Å². The van der Waals surface area contributed by atoms with Crippen molar-refractivity contribution in [3.8, 4) is 11.4 Å². The van der Waals surface area contributed by atoms with Crippen LogP contribution in [-0.4, -0.2) is 29.9 Å². The second-order valence-electron chi connectivity index (χ2n) is 6.30. The fraction of sp³-hybridized carbons (Fsp3) is 0.105. The Morgan fingerprint density at radius 1 is 1.18 bits per heavy atom. The number of hydrogen-bond acceptors (Lipinski definition) is 7. The zero-order chi connectivity index (χ0) is 19.1. The lowest BCUT2D eigenvalue weighted by atomic mass is 10.0. The minimum absolute atomic E-state index is 0.0889. The van der Waals surface area contributed by atoms with Gasteiger partial charge in [-0.2, -0.15) is 0 Å². The van der Waals surface area contributed by atoms with Crippen molar-refractivity contribution in [1.29, 1.82) is 0 Å². The molecule has 1 atom stereocenters. The zero-order valence-corrected chi connectivity index (χ0v) is 16.3. The van der Waals surface area contributed by atoms with Gasteiger partial charge in [0.15, 0.2) is 11.5 Å². The average Bonchev–Trinajstić information content (AvgIpc) is 3.40. The van der Waals surface area contributed by atoms with E-state index in [2.05, 4.69) is 43.2 Å². The van der Waals surface area contributed by atoms with Crippen LogP contribution in [0.1, 0.15) is 18.5 Å². The van der Waals surface area contributed by atoms with Gasteiger partial charge in [-0.05, 0) is 19.1 Å². The van der Waals surface area contributed by atoms with Crippen molar-refractivity contribution in [1.82, 2.24) is 29.9 Å². The monoisotopic (exact) mass is 407 g/mol. The lowest BCUT2D eigenvalue weighted by Gasteiger charge is -2.18. The summed E-state index contributed by atoms with van der Waals surface area (Å²) in [5.74, 6) is 0.686. The van der Waals surface area contributed by atoms with Gasteiger partial charge in [-0.25, -0.2) is 24.9 Å². The van der Waals surface area contributed by atoms with Crippen LogP contribution in [0.15, 0.2) is 47.8 Å². The highest BCUT2D eigenvalue weighted by Gasteiger charge is 2.19. The summed E-state index contributed by atoms with van der Waals surface area (Å²) in [6.07, 6.45) is 3.10. The van der Waals surface area contributed by atoms with E-state index >= 15 is 0 Å². The number of H-pyrrole nitrogens is 1. The third-order valence-corrected chi connectivity index (χ3v) is 5.44. The first-order valence-corrected chi connectivity index (χ1v) is 9.91. The van der Waals surface area contributed by atoms with E-state index in [0.717, 1.165) is 33.4 Å². The van der Waals surface area contributed by atoms with Gasteiger partial charge in [0.25, 0.3) is 0 Å². The fourth-order valence-corrected chi connectivity index (χ4v) is 3.96. The molecule has 28 heavy (non-hydrogen) atoms. The van der Waals surface area contributed by atoms with Crippen molar-refractivity contribution in [3.63, 3.8) is 0 Å². The molecule has 4 aromatic heterocycles. The van der Waals surface area contributed by atoms with Crippen LogP contribution in [-0.2, 0) is 0 Å². The summed E-state index contributed by atoms with van der Waals surface area (Å²) in [5.41, 5.74) is 6.58. The third-order valence-electron chi connectivity index (χ3n) is 4.54. The van der Waals surface area contributed by atoms with E-state index in [1.54, 1.807) is 11.8 Å². The maximum absolute atomic E-state index is 6.38. The number of aromatic amines is 1. The Hall–Kier alpha value is -3.10. The molecule has 0 spiro atoms. The normalized spacial score (nSPS) is 12.5. The van der Waals surface area contributed by atoms with Crippen LogP contribution in [0.2, 0.25) is 5.02 Å². The quantitative estimate of drug-likeness (QED) is 0.442. The molecule has 0 aliphatic carbocycles. The number of rotatable bonds is 4. The highest BCUT2D eigenvalue weighted by atomic mass is 35.5. The van der Waals surface area contributed by atoms with Crippen molar-refractivity contribution < 1.29 is 0 Å². The second-order valence-corrected chi connectivity index (χ2v) is 7.43. The zero-order valence-electron chi connectivity index (χ0n) is 14.7. The van der Waals surface area contributed by atoms with E-state index < -0.39 is 0 Å². The first-order valence-electron chi connectivity index (χ1n) is 8.59. The Balaban J connectivity index is 1.64. The molecule has 2 N–H and O–H groups in total. The Labute approximate surface area is 168 Å². The Morgan fingerprint density at radius 3 is 2.96 bits per heavy atom. The molecule has 0 amide bonds. The molecule has 0 aliphatic rings. The number of imidazole rings is 1. The van der Waals surface area contributed by atoms with Crippen molar-refractivity contribution in [3.05, 3.63) is 58.4 Å². The predicted octanol–water partition coefficient (Wildman–Crippen LogP) is 4.85. The van der Waals surface area contributed by atoms with Crippen molar-refractivity contribution in [2.24, 2.45) is 0 Å².